The molecule has 0 saturated carbocycles. The largest absolute Gasteiger partial charge is 0.352 e. The molecular formula is C16H16BrN5O3. The monoisotopic (exact) mass is 405 g/mol. The molecule has 0 radical (unpaired) electrons. The van der Waals surface area contributed by atoms with Crippen molar-refractivity contribution in [2.75, 3.05) is 0 Å². The van der Waals surface area contributed by atoms with Crippen LogP contribution in [-0.2, 0) is 4.79 Å². The Labute approximate surface area is 152 Å². The van der Waals surface area contributed by atoms with Crippen LogP contribution in [0.3, 0.4) is 0 Å². The van der Waals surface area contributed by atoms with E-state index in [1.807, 2.05) is 6.07 Å². The summed E-state index contributed by atoms with van der Waals surface area (Å²) in [5, 5.41) is 2.51. The first-order valence-corrected chi connectivity index (χ1v) is 8.05. The van der Waals surface area contributed by atoms with E-state index in [1.54, 1.807) is 18.2 Å². The third-order valence-electron chi connectivity index (χ3n) is 3.22. The molecule has 0 fully saturated rings. The van der Waals surface area contributed by atoms with Crippen LogP contribution in [-0.4, -0.2) is 22.8 Å². The smallest absolute Gasteiger partial charge is 0.312 e. The van der Waals surface area contributed by atoms with E-state index < -0.39 is 23.9 Å². The van der Waals surface area contributed by atoms with Crippen molar-refractivity contribution in [2.45, 2.75) is 12.5 Å². The van der Waals surface area contributed by atoms with E-state index in [0.717, 1.165) is 4.47 Å². The Hall–Kier alpha value is -2.94. The number of hydrazine groups is 1. The summed E-state index contributed by atoms with van der Waals surface area (Å²) in [7, 11) is 0. The van der Waals surface area contributed by atoms with Crippen molar-refractivity contribution in [1.82, 2.24) is 21.2 Å². The summed E-state index contributed by atoms with van der Waals surface area (Å²) in [4.78, 5) is 39.0. The average molecular weight is 406 g/mol. The molecular weight excluding hydrogens is 390 g/mol. The zero-order chi connectivity index (χ0) is 18.2. The number of rotatable bonds is 5. The minimum Gasteiger partial charge on any atom is -0.352 e. The van der Waals surface area contributed by atoms with Gasteiger partial charge >= 0.3 is 6.03 Å². The van der Waals surface area contributed by atoms with Gasteiger partial charge in [0.05, 0.1) is 12.5 Å². The summed E-state index contributed by atoms with van der Waals surface area (Å²) < 4.78 is 0.799. The molecule has 2 rings (SSSR count). The van der Waals surface area contributed by atoms with Crippen LogP contribution in [0, 0.1) is 0 Å². The zero-order valence-corrected chi connectivity index (χ0v) is 14.6. The van der Waals surface area contributed by atoms with Crippen molar-refractivity contribution in [3.63, 3.8) is 0 Å². The maximum atomic E-state index is 12.1. The molecule has 5 N–H and O–H groups in total. The summed E-state index contributed by atoms with van der Waals surface area (Å²) >= 11 is 3.33. The van der Waals surface area contributed by atoms with Gasteiger partial charge in [0.25, 0.3) is 5.91 Å². The summed E-state index contributed by atoms with van der Waals surface area (Å²) in [5.41, 5.74) is 10.8. The van der Waals surface area contributed by atoms with E-state index in [4.69, 9.17) is 5.73 Å². The van der Waals surface area contributed by atoms with Crippen LogP contribution in [0.15, 0.2) is 53.3 Å². The molecule has 1 atom stereocenters. The molecule has 0 saturated heterocycles. The predicted octanol–water partition coefficient (Wildman–Crippen LogP) is 1.40. The summed E-state index contributed by atoms with van der Waals surface area (Å²) in [6.45, 7) is 0. The lowest BCUT2D eigenvalue weighted by Gasteiger charge is -2.18. The van der Waals surface area contributed by atoms with Crippen molar-refractivity contribution >= 4 is 33.8 Å². The number of nitrogens with one attached hydrogen (secondary N) is 3. The van der Waals surface area contributed by atoms with E-state index >= 15 is 0 Å². The van der Waals surface area contributed by atoms with Gasteiger partial charge in [-0.3, -0.25) is 25.4 Å². The van der Waals surface area contributed by atoms with Crippen molar-refractivity contribution in [3.8, 4) is 0 Å². The van der Waals surface area contributed by atoms with Gasteiger partial charge in [-0.1, -0.05) is 28.1 Å². The third-order valence-corrected chi connectivity index (χ3v) is 3.71. The van der Waals surface area contributed by atoms with E-state index in [9.17, 15) is 14.4 Å². The highest BCUT2D eigenvalue weighted by molar-refractivity contribution is 9.10. The number of halogens is 1. The number of carbonyl (C=O) groups is 3. The number of nitrogens with two attached hydrogens (primary N) is 1. The summed E-state index contributed by atoms with van der Waals surface area (Å²) in [5.74, 6) is -0.959. The summed E-state index contributed by atoms with van der Waals surface area (Å²) in [6.07, 6.45) is 2.84. The minimum atomic E-state index is -0.751. The van der Waals surface area contributed by atoms with Crippen LogP contribution in [0.5, 0.6) is 0 Å². The van der Waals surface area contributed by atoms with Gasteiger partial charge in [0.1, 0.15) is 0 Å². The highest BCUT2D eigenvalue weighted by atomic mass is 79.9. The fraction of sp³-hybridized carbons (Fsp3) is 0.125. The first-order valence-electron chi connectivity index (χ1n) is 7.26. The van der Waals surface area contributed by atoms with Crippen molar-refractivity contribution < 1.29 is 14.4 Å². The lowest BCUT2D eigenvalue weighted by Crippen LogP contribution is -2.44. The Morgan fingerprint density at radius 2 is 1.84 bits per heavy atom. The number of pyridine rings is 1. The van der Waals surface area contributed by atoms with Gasteiger partial charge in [-0.05, 0) is 29.8 Å². The van der Waals surface area contributed by atoms with Gasteiger partial charge in [0.15, 0.2) is 0 Å². The maximum Gasteiger partial charge on any atom is 0.312 e. The van der Waals surface area contributed by atoms with Gasteiger partial charge in [0.2, 0.25) is 5.91 Å². The second-order valence-corrected chi connectivity index (χ2v) is 5.97. The van der Waals surface area contributed by atoms with Crippen LogP contribution in [0.2, 0.25) is 0 Å². The number of nitrogens with zero attached hydrogens (tertiary/aromatic N) is 1. The topological polar surface area (TPSA) is 126 Å². The minimum absolute atomic E-state index is 0.101. The second kappa shape index (κ2) is 8.78. The summed E-state index contributed by atoms with van der Waals surface area (Å²) in [6, 6.07) is 8.77. The van der Waals surface area contributed by atoms with Crippen LogP contribution < -0.4 is 21.9 Å². The van der Waals surface area contributed by atoms with E-state index in [-0.39, 0.29) is 6.42 Å². The van der Waals surface area contributed by atoms with E-state index in [0.29, 0.717) is 11.1 Å². The number of amides is 4. The number of hydrogen-bond acceptors (Lipinski definition) is 4. The molecule has 130 valence electrons. The highest BCUT2D eigenvalue weighted by Gasteiger charge is 2.18. The Kier molecular flexibility index (Phi) is 6.47. The fourth-order valence-corrected chi connectivity index (χ4v) is 2.50. The van der Waals surface area contributed by atoms with Crippen LogP contribution in [0.1, 0.15) is 28.4 Å². The maximum absolute atomic E-state index is 12.1. The molecule has 2 aromatic rings. The molecule has 1 aromatic carbocycles. The molecule has 0 aliphatic carbocycles. The Morgan fingerprint density at radius 1 is 1.12 bits per heavy atom. The number of carbonyl (C=O) groups excluding carboxylic acids is 3. The lowest BCUT2D eigenvalue weighted by molar-refractivity contribution is -0.122. The van der Waals surface area contributed by atoms with Crippen LogP contribution in [0.4, 0.5) is 4.79 Å². The van der Waals surface area contributed by atoms with E-state index in [1.165, 1.54) is 24.5 Å². The van der Waals surface area contributed by atoms with E-state index in [2.05, 4.69) is 37.1 Å². The highest BCUT2D eigenvalue weighted by Crippen LogP contribution is 2.20. The molecule has 0 bridgehead atoms. The van der Waals surface area contributed by atoms with Gasteiger partial charge in [-0.25, -0.2) is 4.79 Å². The first kappa shape index (κ1) is 18.4. The number of primary amides is 1. The quantitative estimate of drug-likeness (QED) is 0.560. The molecule has 25 heavy (non-hydrogen) atoms. The predicted molar refractivity (Wildman–Crippen MR) is 94.1 cm³/mol. The van der Waals surface area contributed by atoms with Crippen molar-refractivity contribution in [2.24, 2.45) is 5.73 Å². The number of hydrogen-bond donors (Lipinski definition) is 4. The van der Waals surface area contributed by atoms with Crippen molar-refractivity contribution in [1.29, 1.82) is 0 Å². The molecule has 0 spiro atoms. The lowest BCUT2D eigenvalue weighted by atomic mass is 10.0. The van der Waals surface area contributed by atoms with Gasteiger partial charge < -0.3 is 11.1 Å². The van der Waals surface area contributed by atoms with Crippen LogP contribution >= 0.6 is 15.9 Å². The molecule has 0 unspecified atom stereocenters. The normalized spacial score (nSPS) is 11.2. The third kappa shape index (κ3) is 5.88. The molecule has 4 amide bonds. The molecule has 0 aliphatic rings. The van der Waals surface area contributed by atoms with Gasteiger partial charge in [-0.15, -0.1) is 0 Å². The van der Waals surface area contributed by atoms with Gasteiger partial charge in [-0.2, -0.15) is 0 Å². The molecule has 8 nitrogen and oxygen atoms in total. The second-order valence-electron chi connectivity index (χ2n) is 5.06. The molecule has 9 heteroatoms. The fourth-order valence-electron chi connectivity index (χ4n) is 2.09. The Balaban J connectivity index is 1.97. The molecule has 1 aromatic heterocycles. The van der Waals surface area contributed by atoms with Crippen LogP contribution in [0.25, 0.3) is 0 Å². The molecule has 1 heterocycles. The average Bonchev–Trinajstić information content (AvgIpc) is 2.59. The number of urea groups is 1. The molecule has 0 aliphatic heterocycles. The first-order chi connectivity index (χ1) is 12.0. The van der Waals surface area contributed by atoms with Gasteiger partial charge in [0, 0.05) is 22.4 Å². The number of aromatic nitrogens is 1. The zero-order valence-electron chi connectivity index (χ0n) is 13.0. The standard InChI is InChI=1S/C16H16BrN5O3/c17-12-3-1-2-11(8-12)13(20-16(18)25)9-14(23)21-22-15(24)10-4-6-19-7-5-10/h1-8,13H,9H2,(H,21,23)(H,22,24)(H3,18,20,25)/t13-/m1/s1. The Bertz CT molecular complexity index is 769. The Morgan fingerprint density at radius 3 is 2.48 bits per heavy atom. The van der Waals surface area contributed by atoms with Crippen molar-refractivity contribution in [3.05, 3.63) is 64.4 Å². The number of benzene rings is 1. The SMILES string of the molecule is NC(=O)N[C@H](CC(=O)NNC(=O)c1ccncc1)c1cccc(Br)c1.